The van der Waals surface area contributed by atoms with E-state index in [1.807, 2.05) is 6.92 Å². The van der Waals surface area contributed by atoms with Gasteiger partial charge in [0.15, 0.2) is 5.13 Å². The van der Waals surface area contributed by atoms with Crippen molar-refractivity contribution in [2.45, 2.75) is 11.8 Å². The molecule has 0 amide bonds. The highest BCUT2D eigenvalue weighted by molar-refractivity contribution is 7.93. The number of aryl methyl sites for hydroxylation is 1. The van der Waals surface area contributed by atoms with Crippen molar-refractivity contribution < 1.29 is 8.42 Å². The van der Waals surface area contributed by atoms with Crippen LogP contribution in [-0.4, -0.2) is 20.4 Å². The minimum atomic E-state index is -3.61. The van der Waals surface area contributed by atoms with E-state index in [0.717, 1.165) is 4.88 Å². The Labute approximate surface area is 110 Å². The molecule has 2 rings (SSSR count). The summed E-state index contributed by atoms with van der Waals surface area (Å²) in [6.07, 6.45) is 1.63. The average molecular weight is 283 g/mol. The fourth-order valence-electron chi connectivity index (χ4n) is 1.48. The number of hydrogen-bond acceptors (Lipinski definition) is 5. The van der Waals surface area contributed by atoms with Gasteiger partial charge in [-0.05, 0) is 19.1 Å². The van der Waals surface area contributed by atoms with E-state index in [9.17, 15) is 8.42 Å². The number of hydrogen-bond donors (Lipinski definition) is 2. The fraction of sp³-hybridized carbons (Fsp3) is 0.182. The van der Waals surface area contributed by atoms with E-state index in [0.29, 0.717) is 10.8 Å². The van der Waals surface area contributed by atoms with Gasteiger partial charge >= 0.3 is 0 Å². The molecule has 0 saturated heterocycles. The van der Waals surface area contributed by atoms with E-state index in [1.165, 1.54) is 11.3 Å². The van der Waals surface area contributed by atoms with Crippen molar-refractivity contribution in [3.63, 3.8) is 0 Å². The molecule has 7 heteroatoms. The lowest BCUT2D eigenvalue weighted by molar-refractivity contribution is 0.601. The van der Waals surface area contributed by atoms with Crippen LogP contribution >= 0.6 is 11.3 Å². The van der Waals surface area contributed by atoms with Gasteiger partial charge in [0.25, 0.3) is 10.0 Å². The van der Waals surface area contributed by atoms with Crippen molar-refractivity contribution >= 4 is 32.2 Å². The van der Waals surface area contributed by atoms with Gasteiger partial charge < -0.3 is 5.32 Å². The number of benzene rings is 1. The van der Waals surface area contributed by atoms with Crippen LogP contribution in [0.5, 0.6) is 0 Å². The number of nitrogens with zero attached hydrogens (tertiary/aromatic N) is 1. The summed E-state index contributed by atoms with van der Waals surface area (Å²) in [5.41, 5.74) is 0.554. The van der Waals surface area contributed by atoms with Gasteiger partial charge in [-0.3, -0.25) is 4.72 Å². The zero-order valence-electron chi connectivity index (χ0n) is 9.97. The molecule has 2 aromatic rings. The molecule has 0 bridgehead atoms. The molecular weight excluding hydrogens is 270 g/mol. The molecule has 0 atom stereocenters. The van der Waals surface area contributed by atoms with E-state index in [1.54, 1.807) is 37.5 Å². The Bertz CT molecular complexity index is 650. The maximum absolute atomic E-state index is 12.2. The van der Waals surface area contributed by atoms with Crippen LogP contribution in [0.25, 0.3) is 0 Å². The van der Waals surface area contributed by atoms with Gasteiger partial charge in [-0.2, -0.15) is 0 Å². The number of thiazole rings is 1. The topological polar surface area (TPSA) is 71.1 Å². The average Bonchev–Trinajstić information content (AvgIpc) is 2.74. The molecule has 1 aromatic carbocycles. The van der Waals surface area contributed by atoms with E-state index < -0.39 is 10.0 Å². The summed E-state index contributed by atoms with van der Waals surface area (Å²) in [6, 6.07) is 6.72. The van der Waals surface area contributed by atoms with Crippen LogP contribution in [0.4, 0.5) is 10.8 Å². The standard InChI is InChI=1S/C11H13N3O2S2/c1-8-7-13-11(17-8)14-18(15,16)10-6-4-3-5-9(10)12-2/h3-7,12H,1-2H3,(H,13,14). The van der Waals surface area contributed by atoms with E-state index in [4.69, 9.17) is 0 Å². The summed E-state index contributed by atoms with van der Waals surface area (Å²) >= 11 is 1.30. The van der Waals surface area contributed by atoms with E-state index in [-0.39, 0.29) is 4.90 Å². The van der Waals surface area contributed by atoms with Gasteiger partial charge in [0.1, 0.15) is 4.90 Å². The van der Waals surface area contributed by atoms with Crippen LogP contribution in [0.2, 0.25) is 0 Å². The summed E-state index contributed by atoms with van der Waals surface area (Å²) in [5.74, 6) is 0. The van der Waals surface area contributed by atoms with Crippen molar-refractivity contribution in [3.05, 3.63) is 35.3 Å². The van der Waals surface area contributed by atoms with Gasteiger partial charge in [0.05, 0.1) is 5.69 Å². The summed E-state index contributed by atoms with van der Waals surface area (Å²) in [6.45, 7) is 1.87. The molecule has 0 aliphatic carbocycles. The first-order valence-corrected chi connectivity index (χ1v) is 7.55. The Morgan fingerprint density at radius 3 is 2.61 bits per heavy atom. The molecule has 0 aliphatic rings. The molecule has 0 aliphatic heterocycles. The summed E-state index contributed by atoms with van der Waals surface area (Å²) in [5, 5.41) is 3.23. The molecule has 96 valence electrons. The predicted octanol–water partition coefficient (Wildman–Crippen LogP) is 2.29. The van der Waals surface area contributed by atoms with Crippen molar-refractivity contribution in [2.24, 2.45) is 0 Å². The maximum atomic E-state index is 12.2. The highest BCUT2D eigenvalue weighted by atomic mass is 32.2. The van der Waals surface area contributed by atoms with E-state index >= 15 is 0 Å². The Morgan fingerprint density at radius 1 is 1.28 bits per heavy atom. The monoisotopic (exact) mass is 283 g/mol. The Balaban J connectivity index is 2.36. The van der Waals surface area contributed by atoms with Gasteiger partial charge in [0, 0.05) is 18.1 Å². The van der Waals surface area contributed by atoms with Crippen LogP contribution in [0.1, 0.15) is 4.88 Å². The number of nitrogens with one attached hydrogen (secondary N) is 2. The van der Waals surface area contributed by atoms with Crippen LogP contribution in [0, 0.1) is 6.92 Å². The van der Waals surface area contributed by atoms with Gasteiger partial charge in [-0.1, -0.05) is 12.1 Å². The zero-order chi connectivity index (χ0) is 13.2. The number of sulfonamides is 1. The predicted molar refractivity (Wildman–Crippen MR) is 73.6 cm³/mol. The molecule has 0 unspecified atom stereocenters. The molecule has 18 heavy (non-hydrogen) atoms. The Morgan fingerprint density at radius 2 is 2.00 bits per heavy atom. The van der Waals surface area contributed by atoms with Crippen molar-refractivity contribution in [1.29, 1.82) is 0 Å². The largest absolute Gasteiger partial charge is 0.387 e. The molecule has 0 saturated carbocycles. The SMILES string of the molecule is CNc1ccccc1S(=O)(=O)Nc1ncc(C)s1. The van der Waals surface area contributed by atoms with Gasteiger partial charge in [0.2, 0.25) is 0 Å². The minimum Gasteiger partial charge on any atom is -0.387 e. The highest BCUT2D eigenvalue weighted by Gasteiger charge is 2.18. The second kappa shape index (κ2) is 4.95. The third-order valence-electron chi connectivity index (χ3n) is 2.29. The number of anilines is 2. The molecular formula is C11H13N3O2S2. The van der Waals surface area contributed by atoms with Crippen LogP contribution in [0.15, 0.2) is 35.4 Å². The highest BCUT2D eigenvalue weighted by Crippen LogP contribution is 2.25. The second-order valence-electron chi connectivity index (χ2n) is 3.63. The minimum absolute atomic E-state index is 0.209. The third-order valence-corrected chi connectivity index (χ3v) is 4.64. The molecule has 5 nitrogen and oxygen atoms in total. The van der Waals surface area contributed by atoms with Crippen LogP contribution in [0.3, 0.4) is 0 Å². The lowest BCUT2D eigenvalue weighted by Gasteiger charge is -2.09. The maximum Gasteiger partial charge on any atom is 0.265 e. The van der Waals surface area contributed by atoms with Gasteiger partial charge in [-0.25, -0.2) is 13.4 Å². The lowest BCUT2D eigenvalue weighted by atomic mass is 10.3. The Kier molecular flexibility index (Phi) is 3.53. The van der Waals surface area contributed by atoms with Crippen molar-refractivity contribution in [2.75, 3.05) is 17.1 Å². The van der Waals surface area contributed by atoms with E-state index in [2.05, 4.69) is 15.0 Å². The number of rotatable bonds is 4. The van der Waals surface area contributed by atoms with Crippen molar-refractivity contribution in [1.82, 2.24) is 4.98 Å². The first kappa shape index (κ1) is 12.8. The number of aromatic nitrogens is 1. The third kappa shape index (κ3) is 2.62. The summed E-state index contributed by atoms with van der Waals surface area (Å²) in [7, 11) is -1.92. The zero-order valence-corrected chi connectivity index (χ0v) is 11.6. The second-order valence-corrected chi connectivity index (χ2v) is 6.51. The first-order chi connectivity index (χ1) is 8.53. The quantitative estimate of drug-likeness (QED) is 0.903. The van der Waals surface area contributed by atoms with Crippen LogP contribution < -0.4 is 10.0 Å². The first-order valence-electron chi connectivity index (χ1n) is 5.25. The normalized spacial score (nSPS) is 11.2. The smallest absolute Gasteiger partial charge is 0.265 e. The summed E-state index contributed by atoms with van der Waals surface area (Å²) < 4.78 is 26.9. The molecule has 0 radical (unpaired) electrons. The molecule has 1 heterocycles. The Hall–Kier alpha value is -1.60. The molecule has 1 aromatic heterocycles. The fourth-order valence-corrected chi connectivity index (χ4v) is 3.60. The molecule has 2 N–H and O–H groups in total. The molecule has 0 fully saturated rings. The van der Waals surface area contributed by atoms with Crippen molar-refractivity contribution in [3.8, 4) is 0 Å². The summed E-state index contributed by atoms with van der Waals surface area (Å²) in [4.78, 5) is 5.15. The van der Waals surface area contributed by atoms with Gasteiger partial charge in [-0.15, -0.1) is 11.3 Å². The van der Waals surface area contributed by atoms with Crippen LogP contribution in [-0.2, 0) is 10.0 Å². The number of para-hydroxylation sites is 1. The molecule has 0 spiro atoms. The lowest BCUT2D eigenvalue weighted by Crippen LogP contribution is -2.14.